The Morgan fingerprint density at radius 3 is 2.71 bits per heavy atom. The van der Waals surface area contributed by atoms with Crippen molar-refractivity contribution in [2.75, 3.05) is 0 Å². The lowest BCUT2D eigenvalue weighted by Crippen LogP contribution is -2.25. The predicted octanol–water partition coefficient (Wildman–Crippen LogP) is 2.52. The average molecular weight is 231 g/mol. The molecule has 1 aliphatic rings. The SMILES string of the molecule is Cc1ccc2oc(C3CCC(N)CC3)nc2n1. The van der Waals surface area contributed by atoms with Crippen molar-refractivity contribution in [2.45, 2.75) is 44.6 Å². The molecule has 1 fully saturated rings. The van der Waals surface area contributed by atoms with E-state index in [4.69, 9.17) is 10.2 Å². The molecule has 0 saturated heterocycles. The van der Waals surface area contributed by atoms with E-state index in [1.165, 1.54) is 0 Å². The van der Waals surface area contributed by atoms with Crippen molar-refractivity contribution in [3.63, 3.8) is 0 Å². The molecule has 1 aliphatic carbocycles. The van der Waals surface area contributed by atoms with Crippen LogP contribution in [-0.2, 0) is 0 Å². The number of aromatic nitrogens is 2. The molecule has 2 N–H and O–H groups in total. The maximum atomic E-state index is 5.91. The van der Waals surface area contributed by atoms with E-state index < -0.39 is 0 Å². The monoisotopic (exact) mass is 231 g/mol. The Morgan fingerprint density at radius 1 is 1.18 bits per heavy atom. The second-order valence-electron chi connectivity index (χ2n) is 4.94. The summed E-state index contributed by atoms with van der Waals surface area (Å²) in [6, 6.07) is 4.26. The van der Waals surface area contributed by atoms with E-state index >= 15 is 0 Å². The highest BCUT2D eigenvalue weighted by Gasteiger charge is 2.24. The van der Waals surface area contributed by atoms with E-state index in [1.54, 1.807) is 0 Å². The van der Waals surface area contributed by atoms with Crippen LogP contribution in [0.3, 0.4) is 0 Å². The Kier molecular flexibility index (Phi) is 2.59. The zero-order valence-corrected chi connectivity index (χ0v) is 10.0. The van der Waals surface area contributed by atoms with Crippen LogP contribution in [0.4, 0.5) is 0 Å². The van der Waals surface area contributed by atoms with Crippen molar-refractivity contribution >= 4 is 11.2 Å². The van der Waals surface area contributed by atoms with E-state index in [1.807, 2.05) is 19.1 Å². The van der Waals surface area contributed by atoms with Gasteiger partial charge in [0, 0.05) is 17.7 Å². The molecule has 4 heteroatoms. The van der Waals surface area contributed by atoms with Gasteiger partial charge in [-0.2, -0.15) is 4.98 Å². The maximum Gasteiger partial charge on any atom is 0.200 e. The number of nitrogens with zero attached hydrogens (tertiary/aromatic N) is 2. The first-order chi connectivity index (χ1) is 8.22. The molecule has 4 nitrogen and oxygen atoms in total. The first kappa shape index (κ1) is 10.7. The highest BCUT2D eigenvalue weighted by Crippen LogP contribution is 2.32. The molecule has 0 aliphatic heterocycles. The third-order valence-corrected chi connectivity index (χ3v) is 3.53. The summed E-state index contributed by atoms with van der Waals surface area (Å²) in [5, 5.41) is 0. The molecule has 2 aromatic heterocycles. The fourth-order valence-corrected chi connectivity index (χ4v) is 2.47. The van der Waals surface area contributed by atoms with E-state index in [2.05, 4.69) is 9.97 Å². The minimum absolute atomic E-state index is 0.357. The van der Waals surface area contributed by atoms with Crippen molar-refractivity contribution < 1.29 is 4.42 Å². The van der Waals surface area contributed by atoms with Gasteiger partial charge in [-0.05, 0) is 44.7 Å². The van der Waals surface area contributed by atoms with Crippen LogP contribution in [0.25, 0.3) is 11.2 Å². The molecule has 0 spiro atoms. The summed E-state index contributed by atoms with van der Waals surface area (Å²) in [6.07, 6.45) is 4.28. The second kappa shape index (κ2) is 4.11. The van der Waals surface area contributed by atoms with Crippen molar-refractivity contribution in [3.05, 3.63) is 23.7 Å². The first-order valence-corrected chi connectivity index (χ1v) is 6.22. The van der Waals surface area contributed by atoms with Gasteiger partial charge in [0.25, 0.3) is 0 Å². The minimum atomic E-state index is 0.357. The zero-order valence-electron chi connectivity index (χ0n) is 10.0. The maximum absolute atomic E-state index is 5.91. The fourth-order valence-electron chi connectivity index (χ4n) is 2.47. The third-order valence-electron chi connectivity index (χ3n) is 3.53. The van der Waals surface area contributed by atoms with Gasteiger partial charge in [-0.3, -0.25) is 0 Å². The standard InChI is InChI=1S/C13H17N3O/c1-8-2-7-11-12(15-8)16-13(17-11)9-3-5-10(14)6-4-9/h2,7,9-10H,3-6,14H2,1H3. The van der Waals surface area contributed by atoms with Crippen LogP contribution < -0.4 is 5.73 Å². The van der Waals surface area contributed by atoms with Crippen LogP contribution >= 0.6 is 0 Å². The van der Waals surface area contributed by atoms with Gasteiger partial charge in [-0.1, -0.05) is 0 Å². The third kappa shape index (κ3) is 2.05. The number of nitrogens with two attached hydrogens (primary N) is 1. The molecule has 0 bridgehead atoms. The predicted molar refractivity (Wildman–Crippen MR) is 65.7 cm³/mol. The lowest BCUT2D eigenvalue weighted by atomic mass is 9.86. The summed E-state index contributed by atoms with van der Waals surface area (Å²) in [5.74, 6) is 1.26. The van der Waals surface area contributed by atoms with E-state index in [0.29, 0.717) is 12.0 Å². The topological polar surface area (TPSA) is 64.9 Å². The Labute approximate surface area is 100 Å². The molecular formula is C13H17N3O. The van der Waals surface area contributed by atoms with Crippen LogP contribution in [0, 0.1) is 6.92 Å². The summed E-state index contributed by atoms with van der Waals surface area (Å²) in [7, 11) is 0. The van der Waals surface area contributed by atoms with Crippen molar-refractivity contribution in [2.24, 2.45) is 5.73 Å². The normalized spacial score (nSPS) is 25.3. The van der Waals surface area contributed by atoms with Crippen LogP contribution in [-0.4, -0.2) is 16.0 Å². The van der Waals surface area contributed by atoms with Gasteiger partial charge in [-0.15, -0.1) is 0 Å². The van der Waals surface area contributed by atoms with E-state index in [0.717, 1.165) is 48.5 Å². The van der Waals surface area contributed by atoms with Gasteiger partial charge in [0.05, 0.1) is 0 Å². The van der Waals surface area contributed by atoms with Crippen molar-refractivity contribution in [1.29, 1.82) is 0 Å². The molecule has 90 valence electrons. The Hall–Kier alpha value is -1.42. The Morgan fingerprint density at radius 2 is 1.94 bits per heavy atom. The number of hydrogen-bond donors (Lipinski definition) is 1. The smallest absolute Gasteiger partial charge is 0.200 e. The molecule has 0 radical (unpaired) electrons. The molecule has 3 rings (SSSR count). The molecule has 1 saturated carbocycles. The number of rotatable bonds is 1. The summed E-state index contributed by atoms with van der Waals surface area (Å²) < 4.78 is 5.78. The molecule has 0 atom stereocenters. The number of aryl methyl sites for hydroxylation is 1. The molecule has 0 unspecified atom stereocenters. The van der Waals surface area contributed by atoms with Gasteiger partial charge in [0.2, 0.25) is 0 Å². The summed E-state index contributed by atoms with van der Waals surface area (Å²) >= 11 is 0. The zero-order chi connectivity index (χ0) is 11.8. The van der Waals surface area contributed by atoms with Crippen LogP contribution in [0.5, 0.6) is 0 Å². The average Bonchev–Trinajstić information content (AvgIpc) is 2.72. The van der Waals surface area contributed by atoms with Crippen LogP contribution in [0.2, 0.25) is 0 Å². The summed E-state index contributed by atoms with van der Waals surface area (Å²) in [4.78, 5) is 8.88. The Balaban J connectivity index is 1.90. The van der Waals surface area contributed by atoms with Crippen LogP contribution in [0.1, 0.15) is 43.2 Å². The molecule has 0 aromatic carbocycles. The minimum Gasteiger partial charge on any atom is -0.439 e. The van der Waals surface area contributed by atoms with Gasteiger partial charge >= 0.3 is 0 Å². The Bertz CT molecular complexity index is 526. The lowest BCUT2D eigenvalue weighted by molar-refractivity contribution is 0.346. The number of hydrogen-bond acceptors (Lipinski definition) is 4. The first-order valence-electron chi connectivity index (χ1n) is 6.22. The molecule has 0 amide bonds. The number of pyridine rings is 1. The van der Waals surface area contributed by atoms with Gasteiger partial charge in [-0.25, -0.2) is 4.98 Å². The van der Waals surface area contributed by atoms with Crippen LogP contribution in [0.15, 0.2) is 16.5 Å². The van der Waals surface area contributed by atoms with E-state index in [-0.39, 0.29) is 0 Å². The molecular weight excluding hydrogens is 214 g/mol. The number of oxazole rings is 1. The highest BCUT2D eigenvalue weighted by atomic mass is 16.3. The summed E-state index contributed by atoms with van der Waals surface area (Å²) in [6.45, 7) is 1.97. The van der Waals surface area contributed by atoms with Gasteiger partial charge in [0.15, 0.2) is 17.1 Å². The molecule has 2 heterocycles. The summed E-state index contributed by atoms with van der Waals surface area (Å²) in [5.41, 5.74) is 8.41. The van der Waals surface area contributed by atoms with Crippen molar-refractivity contribution in [1.82, 2.24) is 9.97 Å². The van der Waals surface area contributed by atoms with E-state index in [9.17, 15) is 0 Å². The second-order valence-corrected chi connectivity index (χ2v) is 4.94. The quantitative estimate of drug-likeness (QED) is 0.819. The number of fused-ring (bicyclic) bond motifs is 1. The van der Waals surface area contributed by atoms with Crippen molar-refractivity contribution in [3.8, 4) is 0 Å². The fraction of sp³-hybridized carbons (Fsp3) is 0.538. The van der Waals surface area contributed by atoms with Gasteiger partial charge < -0.3 is 10.2 Å². The van der Waals surface area contributed by atoms with Gasteiger partial charge in [0.1, 0.15) is 0 Å². The largest absolute Gasteiger partial charge is 0.439 e. The highest BCUT2D eigenvalue weighted by molar-refractivity contribution is 5.67. The lowest BCUT2D eigenvalue weighted by Gasteiger charge is -2.23. The molecule has 17 heavy (non-hydrogen) atoms. The molecule has 2 aromatic rings.